The van der Waals surface area contributed by atoms with Crippen molar-refractivity contribution in [3.8, 4) is 0 Å². The van der Waals surface area contributed by atoms with Crippen LogP contribution in [0.1, 0.15) is 66.7 Å². The minimum Gasteiger partial charge on any atom is -0.352 e. The summed E-state index contributed by atoms with van der Waals surface area (Å²) in [5, 5.41) is 2.87. The summed E-state index contributed by atoms with van der Waals surface area (Å²) in [6.45, 7) is 12.0. The summed E-state index contributed by atoms with van der Waals surface area (Å²) >= 11 is 0. The minimum absolute atomic E-state index is 0.115. The van der Waals surface area contributed by atoms with E-state index in [4.69, 9.17) is 0 Å². The molecule has 1 aliphatic heterocycles. The van der Waals surface area contributed by atoms with Crippen molar-refractivity contribution in [1.29, 1.82) is 0 Å². The summed E-state index contributed by atoms with van der Waals surface area (Å²) in [5.74, 6) is 1.56. The molecule has 1 saturated heterocycles. The fourth-order valence-corrected chi connectivity index (χ4v) is 5.07. The first-order valence-electron chi connectivity index (χ1n) is 10.6. The molecule has 1 amide bonds. The van der Waals surface area contributed by atoms with Crippen molar-refractivity contribution in [2.24, 2.45) is 17.8 Å². The summed E-state index contributed by atoms with van der Waals surface area (Å²) in [7, 11) is -3.23. The van der Waals surface area contributed by atoms with E-state index in [1.165, 1.54) is 12.8 Å². The Morgan fingerprint density at radius 3 is 2.48 bits per heavy atom. The van der Waals surface area contributed by atoms with Gasteiger partial charge in [-0.3, -0.25) is 9.69 Å². The fraction of sp³-hybridized carbons (Fsp3) is 0.950. The van der Waals surface area contributed by atoms with E-state index in [1.807, 2.05) is 6.92 Å². The SMILES string of the molecule is CC(C)S(=O)(=O)NC[C@@H]1CCCN([C@@H](C)C(=O)N[C@H]2CCC[C@@H](C)[C@@H]2C)C1. The summed E-state index contributed by atoms with van der Waals surface area (Å²) in [6.07, 6.45) is 5.52. The van der Waals surface area contributed by atoms with E-state index in [9.17, 15) is 13.2 Å². The van der Waals surface area contributed by atoms with Crippen molar-refractivity contribution in [3.05, 3.63) is 0 Å². The van der Waals surface area contributed by atoms with Gasteiger partial charge >= 0.3 is 0 Å². The Balaban J connectivity index is 1.86. The van der Waals surface area contributed by atoms with Gasteiger partial charge in [0.2, 0.25) is 15.9 Å². The molecule has 2 aliphatic rings. The zero-order valence-corrected chi connectivity index (χ0v) is 18.5. The quantitative estimate of drug-likeness (QED) is 0.686. The van der Waals surface area contributed by atoms with Gasteiger partial charge in [-0.15, -0.1) is 0 Å². The van der Waals surface area contributed by atoms with Gasteiger partial charge in [-0.2, -0.15) is 0 Å². The first-order valence-corrected chi connectivity index (χ1v) is 12.2. The predicted octanol–water partition coefficient (Wildman–Crippen LogP) is 2.36. The van der Waals surface area contributed by atoms with Gasteiger partial charge in [0.1, 0.15) is 0 Å². The molecule has 27 heavy (non-hydrogen) atoms. The molecule has 2 fully saturated rings. The van der Waals surface area contributed by atoms with E-state index in [2.05, 4.69) is 28.8 Å². The average molecular weight is 402 g/mol. The molecule has 0 aromatic carbocycles. The van der Waals surface area contributed by atoms with Crippen LogP contribution in [0.25, 0.3) is 0 Å². The van der Waals surface area contributed by atoms with Crippen LogP contribution in [0.4, 0.5) is 0 Å². The number of carbonyl (C=O) groups excluding carboxylic acids is 1. The first-order chi connectivity index (χ1) is 12.6. The number of amides is 1. The van der Waals surface area contributed by atoms with Crippen LogP contribution in [0.2, 0.25) is 0 Å². The highest BCUT2D eigenvalue weighted by atomic mass is 32.2. The molecule has 1 heterocycles. The molecule has 0 aromatic rings. The third-order valence-corrected chi connectivity index (χ3v) is 8.52. The van der Waals surface area contributed by atoms with E-state index in [0.717, 1.165) is 32.4 Å². The Kier molecular flexibility index (Phi) is 8.13. The molecule has 6 nitrogen and oxygen atoms in total. The zero-order valence-electron chi connectivity index (χ0n) is 17.7. The second kappa shape index (κ2) is 9.70. The topological polar surface area (TPSA) is 78.5 Å². The van der Waals surface area contributed by atoms with E-state index in [0.29, 0.717) is 18.4 Å². The molecular weight excluding hydrogens is 362 g/mol. The lowest BCUT2D eigenvalue weighted by atomic mass is 9.78. The molecule has 0 bridgehead atoms. The van der Waals surface area contributed by atoms with Gasteiger partial charge in [-0.1, -0.05) is 26.7 Å². The molecule has 7 heteroatoms. The number of rotatable bonds is 7. The summed E-state index contributed by atoms with van der Waals surface area (Å²) in [4.78, 5) is 15.0. The molecule has 0 unspecified atom stereocenters. The molecule has 0 aromatic heterocycles. The van der Waals surface area contributed by atoms with Gasteiger partial charge in [-0.05, 0) is 64.3 Å². The minimum atomic E-state index is -3.23. The normalized spacial score (nSPS) is 31.6. The largest absolute Gasteiger partial charge is 0.352 e. The number of hydrogen-bond acceptors (Lipinski definition) is 4. The summed E-state index contributed by atoms with van der Waals surface area (Å²) in [6, 6.07) is 0.112. The maximum atomic E-state index is 12.8. The van der Waals surface area contributed by atoms with Crippen LogP contribution in [0, 0.1) is 17.8 Å². The molecule has 1 aliphatic carbocycles. The number of sulfonamides is 1. The third-order valence-electron chi connectivity index (χ3n) is 6.71. The Bertz CT molecular complexity index is 593. The van der Waals surface area contributed by atoms with Gasteiger partial charge in [-0.25, -0.2) is 13.1 Å². The number of carbonyl (C=O) groups is 1. The van der Waals surface area contributed by atoms with Gasteiger partial charge in [0.05, 0.1) is 11.3 Å². The van der Waals surface area contributed by atoms with Gasteiger partial charge in [0.25, 0.3) is 0 Å². The van der Waals surface area contributed by atoms with Crippen molar-refractivity contribution < 1.29 is 13.2 Å². The Morgan fingerprint density at radius 2 is 1.81 bits per heavy atom. The van der Waals surface area contributed by atoms with Gasteiger partial charge < -0.3 is 5.32 Å². The number of nitrogens with zero attached hydrogens (tertiary/aromatic N) is 1. The zero-order chi connectivity index (χ0) is 20.2. The molecule has 158 valence electrons. The van der Waals surface area contributed by atoms with E-state index >= 15 is 0 Å². The highest BCUT2D eigenvalue weighted by molar-refractivity contribution is 7.90. The van der Waals surface area contributed by atoms with E-state index in [1.54, 1.807) is 13.8 Å². The molecule has 1 saturated carbocycles. The number of piperidine rings is 1. The Labute approximate surface area is 165 Å². The van der Waals surface area contributed by atoms with Gasteiger partial charge in [0, 0.05) is 19.1 Å². The third kappa shape index (κ3) is 6.16. The number of likely N-dealkylation sites (tertiary alicyclic amines) is 1. The van der Waals surface area contributed by atoms with Gasteiger partial charge in [0.15, 0.2) is 0 Å². The second-order valence-electron chi connectivity index (χ2n) is 9.00. The van der Waals surface area contributed by atoms with Crippen LogP contribution in [-0.4, -0.2) is 56.2 Å². The molecule has 2 rings (SSSR count). The predicted molar refractivity (Wildman–Crippen MR) is 110 cm³/mol. The van der Waals surface area contributed by atoms with Crippen LogP contribution in [0.15, 0.2) is 0 Å². The lowest BCUT2D eigenvalue weighted by Crippen LogP contribution is -2.54. The van der Waals surface area contributed by atoms with Crippen molar-refractivity contribution in [2.45, 2.75) is 84.1 Å². The molecular formula is C20H39N3O3S. The smallest absolute Gasteiger partial charge is 0.237 e. The first kappa shape index (κ1) is 22.6. The van der Waals surface area contributed by atoms with Crippen molar-refractivity contribution >= 4 is 15.9 Å². The highest BCUT2D eigenvalue weighted by Gasteiger charge is 2.32. The maximum absolute atomic E-state index is 12.8. The van der Waals surface area contributed by atoms with Crippen LogP contribution >= 0.6 is 0 Å². The lowest BCUT2D eigenvalue weighted by Gasteiger charge is -2.39. The molecule has 0 spiro atoms. The van der Waals surface area contributed by atoms with E-state index in [-0.39, 0.29) is 23.9 Å². The Morgan fingerprint density at radius 1 is 1.11 bits per heavy atom. The van der Waals surface area contributed by atoms with Crippen LogP contribution in [-0.2, 0) is 14.8 Å². The lowest BCUT2D eigenvalue weighted by molar-refractivity contribution is -0.128. The van der Waals surface area contributed by atoms with Crippen LogP contribution in [0.3, 0.4) is 0 Å². The van der Waals surface area contributed by atoms with E-state index < -0.39 is 15.3 Å². The average Bonchev–Trinajstić information content (AvgIpc) is 2.63. The monoisotopic (exact) mass is 401 g/mol. The van der Waals surface area contributed by atoms with Crippen LogP contribution < -0.4 is 10.0 Å². The number of nitrogens with one attached hydrogen (secondary N) is 2. The van der Waals surface area contributed by atoms with Crippen molar-refractivity contribution in [2.75, 3.05) is 19.6 Å². The standard InChI is InChI=1S/C20H39N3O3S/c1-14(2)27(25,26)21-12-18-9-7-11-23(13-18)17(5)20(24)22-19-10-6-8-15(3)16(19)4/h14-19,21H,6-13H2,1-5H3,(H,22,24)/t15-,16+,17+,18+,19+/m1/s1. The summed E-state index contributed by atoms with van der Waals surface area (Å²) < 4.78 is 26.7. The van der Waals surface area contributed by atoms with Crippen LogP contribution in [0.5, 0.6) is 0 Å². The van der Waals surface area contributed by atoms with Crippen molar-refractivity contribution in [1.82, 2.24) is 14.9 Å². The summed E-state index contributed by atoms with van der Waals surface area (Å²) in [5.41, 5.74) is 0. The van der Waals surface area contributed by atoms with Crippen molar-refractivity contribution in [3.63, 3.8) is 0 Å². The number of hydrogen-bond donors (Lipinski definition) is 2. The maximum Gasteiger partial charge on any atom is 0.237 e. The second-order valence-corrected chi connectivity index (χ2v) is 11.3. The molecule has 0 radical (unpaired) electrons. The molecule has 2 N–H and O–H groups in total. The molecule has 5 atom stereocenters. The highest BCUT2D eigenvalue weighted by Crippen LogP contribution is 2.29. The Hall–Kier alpha value is -0.660. The fourth-order valence-electron chi connectivity index (χ4n) is 4.27.